The van der Waals surface area contributed by atoms with Gasteiger partial charge in [0.1, 0.15) is 0 Å². The molecule has 0 aliphatic heterocycles. The van der Waals surface area contributed by atoms with E-state index in [9.17, 15) is 4.79 Å². The van der Waals surface area contributed by atoms with Crippen LogP contribution in [0.15, 0.2) is 54.7 Å². The molecular weight excluding hydrogens is 234 g/mol. The summed E-state index contributed by atoms with van der Waals surface area (Å²) in [5, 5.41) is 0.978. The second-order valence-electron chi connectivity index (χ2n) is 4.66. The van der Waals surface area contributed by atoms with Gasteiger partial charge in [-0.3, -0.25) is 4.79 Å². The largest absolute Gasteiger partial charge is 0.342 e. The first kappa shape index (κ1) is 11.7. The fraction of sp³-hybridized carbons (Fsp3) is 0.118. The van der Waals surface area contributed by atoms with E-state index in [1.54, 1.807) is 6.92 Å². The monoisotopic (exact) mass is 248 g/mol. The fourth-order valence-electron chi connectivity index (χ4n) is 2.37. The first-order valence-corrected chi connectivity index (χ1v) is 6.29. The van der Waals surface area contributed by atoms with Gasteiger partial charge in [0.25, 0.3) is 0 Å². The van der Waals surface area contributed by atoms with Gasteiger partial charge in [-0.15, -0.1) is 0 Å². The lowest BCUT2D eigenvalue weighted by Gasteiger charge is -2.04. The molecular formula is C17H14NO. The molecule has 0 saturated heterocycles. The molecule has 3 rings (SSSR count). The Bertz CT molecular complexity index is 725. The third-order valence-electron chi connectivity index (χ3n) is 3.30. The highest BCUT2D eigenvalue weighted by molar-refractivity contribution is 6.06. The van der Waals surface area contributed by atoms with Crippen LogP contribution in [0.25, 0.3) is 10.9 Å². The zero-order valence-electron chi connectivity index (χ0n) is 10.8. The van der Waals surface area contributed by atoms with E-state index in [0.29, 0.717) is 0 Å². The van der Waals surface area contributed by atoms with E-state index in [2.05, 4.69) is 22.8 Å². The van der Waals surface area contributed by atoms with Gasteiger partial charge in [0.2, 0.25) is 0 Å². The summed E-state index contributed by atoms with van der Waals surface area (Å²) in [6.45, 7) is 2.38. The summed E-state index contributed by atoms with van der Waals surface area (Å²) in [5.41, 5.74) is 3.07. The third kappa shape index (κ3) is 2.17. The van der Waals surface area contributed by atoms with Crippen LogP contribution in [-0.2, 0) is 6.54 Å². The SMILES string of the molecule is CC(=O)c1cn(Cc2ccccc2)c2cc[c]cc12. The Balaban J connectivity index is 2.11. The lowest BCUT2D eigenvalue weighted by molar-refractivity contribution is 0.101. The van der Waals surface area contributed by atoms with Gasteiger partial charge in [-0.1, -0.05) is 36.4 Å². The summed E-state index contributed by atoms with van der Waals surface area (Å²) in [6.07, 6.45) is 1.94. The van der Waals surface area contributed by atoms with E-state index in [1.165, 1.54) is 5.56 Å². The number of hydrogen-bond acceptors (Lipinski definition) is 1. The molecule has 1 heterocycles. The van der Waals surface area contributed by atoms with Crippen LogP contribution < -0.4 is 0 Å². The molecule has 1 aromatic heterocycles. The van der Waals surface area contributed by atoms with E-state index in [1.807, 2.05) is 42.6 Å². The van der Waals surface area contributed by atoms with Crippen molar-refractivity contribution in [1.29, 1.82) is 0 Å². The minimum Gasteiger partial charge on any atom is -0.342 e. The smallest absolute Gasteiger partial charge is 0.161 e. The van der Waals surface area contributed by atoms with Crippen LogP contribution >= 0.6 is 0 Å². The Morgan fingerprint density at radius 1 is 1.21 bits per heavy atom. The molecule has 93 valence electrons. The van der Waals surface area contributed by atoms with E-state index in [0.717, 1.165) is 23.0 Å². The lowest BCUT2D eigenvalue weighted by atomic mass is 10.1. The van der Waals surface area contributed by atoms with Crippen molar-refractivity contribution in [3.63, 3.8) is 0 Å². The standard InChI is InChI=1S/C17H14NO/c1-13(19)16-12-18(11-14-7-3-2-4-8-14)17-10-6-5-9-15(16)17/h2-4,6-10,12H,11H2,1H3. The molecule has 0 N–H and O–H groups in total. The number of aromatic nitrogens is 1. The average Bonchev–Trinajstić information content (AvgIpc) is 2.79. The van der Waals surface area contributed by atoms with Gasteiger partial charge < -0.3 is 4.57 Å². The first-order chi connectivity index (χ1) is 9.25. The van der Waals surface area contributed by atoms with Crippen LogP contribution in [-0.4, -0.2) is 10.4 Å². The number of ketones is 1. The zero-order chi connectivity index (χ0) is 13.2. The number of carbonyl (C=O) groups excluding carboxylic acids is 1. The summed E-state index contributed by atoms with van der Waals surface area (Å²) >= 11 is 0. The van der Waals surface area contributed by atoms with E-state index in [-0.39, 0.29) is 5.78 Å². The summed E-state index contributed by atoms with van der Waals surface area (Å²) in [4.78, 5) is 11.7. The van der Waals surface area contributed by atoms with Crippen molar-refractivity contribution >= 4 is 16.7 Å². The lowest BCUT2D eigenvalue weighted by Crippen LogP contribution is -1.97. The Kier molecular flexibility index (Phi) is 2.92. The Morgan fingerprint density at radius 2 is 2.00 bits per heavy atom. The summed E-state index contributed by atoms with van der Waals surface area (Å²) in [7, 11) is 0. The Morgan fingerprint density at radius 3 is 2.74 bits per heavy atom. The number of carbonyl (C=O) groups is 1. The molecule has 0 bridgehead atoms. The maximum Gasteiger partial charge on any atom is 0.161 e. The molecule has 2 heteroatoms. The van der Waals surface area contributed by atoms with Crippen molar-refractivity contribution in [3.05, 3.63) is 71.9 Å². The highest BCUT2D eigenvalue weighted by atomic mass is 16.1. The summed E-state index contributed by atoms with van der Waals surface area (Å²) in [5.74, 6) is 0.0939. The highest BCUT2D eigenvalue weighted by Crippen LogP contribution is 2.22. The number of Topliss-reactive ketones (excluding diaryl/α,β-unsaturated/α-hetero) is 1. The molecule has 0 saturated carbocycles. The highest BCUT2D eigenvalue weighted by Gasteiger charge is 2.11. The second kappa shape index (κ2) is 4.73. The molecule has 2 aromatic carbocycles. The number of nitrogens with zero attached hydrogens (tertiary/aromatic N) is 1. The van der Waals surface area contributed by atoms with Crippen molar-refractivity contribution in [2.24, 2.45) is 0 Å². The van der Waals surface area contributed by atoms with E-state index in [4.69, 9.17) is 0 Å². The predicted octanol–water partition coefficient (Wildman–Crippen LogP) is 3.69. The number of rotatable bonds is 3. The van der Waals surface area contributed by atoms with Crippen LogP contribution in [0.1, 0.15) is 22.8 Å². The van der Waals surface area contributed by atoms with Crippen LogP contribution in [0.4, 0.5) is 0 Å². The van der Waals surface area contributed by atoms with Crippen molar-refractivity contribution < 1.29 is 4.79 Å². The van der Waals surface area contributed by atoms with Crippen LogP contribution in [0.3, 0.4) is 0 Å². The molecule has 0 fully saturated rings. The Labute approximate surface area is 112 Å². The topological polar surface area (TPSA) is 22.0 Å². The van der Waals surface area contributed by atoms with E-state index < -0.39 is 0 Å². The fourth-order valence-corrected chi connectivity index (χ4v) is 2.37. The maximum absolute atomic E-state index is 11.7. The van der Waals surface area contributed by atoms with Gasteiger partial charge in [0, 0.05) is 29.2 Å². The minimum atomic E-state index is 0.0939. The second-order valence-corrected chi connectivity index (χ2v) is 4.66. The predicted molar refractivity (Wildman–Crippen MR) is 76.3 cm³/mol. The molecule has 1 radical (unpaired) electrons. The van der Waals surface area contributed by atoms with Crippen molar-refractivity contribution in [2.75, 3.05) is 0 Å². The number of hydrogen-bond donors (Lipinski definition) is 0. The van der Waals surface area contributed by atoms with Gasteiger partial charge in [0.15, 0.2) is 5.78 Å². The number of fused-ring (bicyclic) bond motifs is 1. The average molecular weight is 248 g/mol. The van der Waals surface area contributed by atoms with Gasteiger partial charge in [0.05, 0.1) is 0 Å². The molecule has 0 aliphatic carbocycles. The van der Waals surface area contributed by atoms with Crippen LogP contribution in [0, 0.1) is 6.07 Å². The number of benzene rings is 2. The van der Waals surface area contributed by atoms with Gasteiger partial charge in [-0.25, -0.2) is 0 Å². The van der Waals surface area contributed by atoms with Crippen LogP contribution in [0.2, 0.25) is 0 Å². The molecule has 19 heavy (non-hydrogen) atoms. The van der Waals surface area contributed by atoms with Gasteiger partial charge in [-0.05, 0) is 30.7 Å². The third-order valence-corrected chi connectivity index (χ3v) is 3.30. The zero-order valence-corrected chi connectivity index (χ0v) is 10.8. The van der Waals surface area contributed by atoms with E-state index >= 15 is 0 Å². The van der Waals surface area contributed by atoms with Crippen molar-refractivity contribution in [3.8, 4) is 0 Å². The minimum absolute atomic E-state index is 0.0939. The molecule has 0 unspecified atom stereocenters. The molecule has 0 atom stereocenters. The quantitative estimate of drug-likeness (QED) is 0.648. The first-order valence-electron chi connectivity index (χ1n) is 6.29. The van der Waals surface area contributed by atoms with Gasteiger partial charge >= 0.3 is 0 Å². The normalized spacial score (nSPS) is 10.8. The molecule has 3 aromatic rings. The summed E-state index contributed by atoms with van der Waals surface area (Å²) < 4.78 is 2.12. The molecule has 0 spiro atoms. The summed E-state index contributed by atoms with van der Waals surface area (Å²) in [6, 6.07) is 19.1. The van der Waals surface area contributed by atoms with Crippen LogP contribution in [0.5, 0.6) is 0 Å². The van der Waals surface area contributed by atoms with Gasteiger partial charge in [-0.2, -0.15) is 0 Å². The molecule has 0 amide bonds. The molecule has 0 aliphatic rings. The Hall–Kier alpha value is -2.35. The van der Waals surface area contributed by atoms with Crippen molar-refractivity contribution in [2.45, 2.75) is 13.5 Å². The molecule has 2 nitrogen and oxygen atoms in total. The maximum atomic E-state index is 11.7. The van der Waals surface area contributed by atoms with Crippen molar-refractivity contribution in [1.82, 2.24) is 4.57 Å².